The second-order valence-electron chi connectivity index (χ2n) is 5.98. The summed E-state index contributed by atoms with van der Waals surface area (Å²) in [6.07, 6.45) is 9.19. The topological polar surface area (TPSA) is 50.7 Å². The average molecular weight is 306 g/mol. The summed E-state index contributed by atoms with van der Waals surface area (Å²) in [6.45, 7) is 1.52. The Bertz CT molecular complexity index is 748. The molecule has 1 N–H and O–H groups in total. The number of benzene rings is 1. The number of nitrogens with one attached hydrogen (secondary N) is 1. The maximum Gasteiger partial charge on any atom is 0.204 e. The Morgan fingerprint density at radius 3 is 2.87 bits per heavy atom. The smallest absolute Gasteiger partial charge is 0.204 e. The first kappa shape index (κ1) is 14.2. The molecule has 0 saturated carbocycles. The molecule has 0 radical (unpaired) electrons. The van der Waals surface area contributed by atoms with Crippen LogP contribution in [0.3, 0.4) is 0 Å². The molecule has 1 unspecified atom stereocenters. The van der Waals surface area contributed by atoms with Crippen molar-refractivity contribution in [2.45, 2.75) is 18.9 Å². The average Bonchev–Trinajstić information content (AvgIpc) is 3.26. The summed E-state index contributed by atoms with van der Waals surface area (Å²) in [7, 11) is 0. The van der Waals surface area contributed by atoms with Crippen molar-refractivity contribution >= 4 is 12.0 Å². The molecule has 0 amide bonds. The fourth-order valence-corrected chi connectivity index (χ4v) is 3.17. The van der Waals surface area contributed by atoms with Crippen LogP contribution < -0.4 is 5.32 Å². The van der Waals surface area contributed by atoms with E-state index in [1.54, 1.807) is 24.6 Å². The van der Waals surface area contributed by atoms with E-state index in [-0.39, 0.29) is 5.78 Å². The molecule has 1 aliphatic carbocycles. The van der Waals surface area contributed by atoms with E-state index in [0.717, 1.165) is 23.3 Å². The van der Waals surface area contributed by atoms with Gasteiger partial charge in [0.1, 0.15) is 12.3 Å². The fraction of sp³-hybridized carbons (Fsp3) is 0.263. The van der Waals surface area contributed by atoms with Crippen LogP contribution in [-0.4, -0.2) is 25.1 Å². The quantitative estimate of drug-likeness (QED) is 0.874. The number of ether oxygens (including phenoxy) is 1. The zero-order chi connectivity index (χ0) is 15.6. The zero-order valence-corrected chi connectivity index (χ0v) is 12.8. The molecular weight excluding hydrogens is 288 g/mol. The summed E-state index contributed by atoms with van der Waals surface area (Å²) in [5.41, 5.74) is 4.61. The van der Waals surface area contributed by atoms with Crippen molar-refractivity contribution in [1.29, 1.82) is 0 Å². The van der Waals surface area contributed by atoms with Crippen LogP contribution in [0.1, 0.15) is 30.0 Å². The van der Waals surface area contributed by atoms with Gasteiger partial charge in [0, 0.05) is 23.4 Å². The van der Waals surface area contributed by atoms with Crippen LogP contribution in [0.15, 0.2) is 64.5 Å². The Hall–Kier alpha value is -2.46. The molecule has 0 bridgehead atoms. The van der Waals surface area contributed by atoms with Crippen molar-refractivity contribution in [2.24, 2.45) is 4.99 Å². The highest BCUT2D eigenvalue weighted by molar-refractivity contribution is 6.08. The number of carbonyl (C=O) groups excluding carboxylic acids is 1. The number of nitrogens with zero attached hydrogens (tertiary/aromatic N) is 1. The Kier molecular flexibility index (Phi) is 3.67. The molecule has 1 atom stereocenters. The van der Waals surface area contributed by atoms with E-state index in [0.29, 0.717) is 18.3 Å². The van der Waals surface area contributed by atoms with Crippen LogP contribution in [0.25, 0.3) is 0 Å². The van der Waals surface area contributed by atoms with Crippen molar-refractivity contribution in [2.75, 3.05) is 13.2 Å². The van der Waals surface area contributed by atoms with Gasteiger partial charge in [-0.2, -0.15) is 0 Å². The van der Waals surface area contributed by atoms with Crippen LogP contribution in [0.4, 0.5) is 0 Å². The first-order valence-corrected chi connectivity index (χ1v) is 7.96. The van der Waals surface area contributed by atoms with Gasteiger partial charge in [-0.15, -0.1) is 0 Å². The molecule has 3 aliphatic rings. The number of carbonyl (C=O) groups is 1. The van der Waals surface area contributed by atoms with Gasteiger partial charge in [0.05, 0.1) is 6.26 Å². The van der Waals surface area contributed by atoms with Crippen molar-refractivity contribution in [3.63, 3.8) is 0 Å². The first-order chi connectivity index (χ1) is 11.3. The van der Waals surface area contributed by atoms with Gasteiger partial charge in [0.15, 0.2) is 0 Å². The minimum Gasteiger partial charge on any atom is -0.496 e. The SMILES string of the molecule is O=C1C=CC2=COCC2=C1N=Cc1ccc(C2CCCN2)cc1. The monoisotopic (exact) mass is 306 g/mol. The summed E-state index contributed by atoms with van der Waals surface area (Å²) in [5, 5.41) is 3.49. The van der Waals surface area contributed by atoms with Gasteiger partial charge >= 0.3 is 0 Å². The zero-order valence-electron chi connectivity index (χ0n) is 12.8. The van der Waals surface area contributed by atoms with Crippen LogP contribution in [0.5, 0.6) is 0 Å². The molecule has 1 aromatic carbocycles. The minimum atomic E-state index is -0.0642. The lowest BCUT2D eigenvalue weighted by Crippen LogP contribution is -2.12. The molecule has 0 spiro atoms. The number of aliphatic imine (C=N–C) groups is 1. The first-order valence-electron chi connectivity index (χ1n) is 7.96. The number of rotatable bonds is 3. The molecule has 1 fully saturated rings. The molecule has 2 heterocycles. The lowest BCUT2D eigenvalue weighted by atomic mass is 9.99. The molecule has 4 nitrogen and oxygen atoms in total. The summed E-state index contributed by atoms with van der Waals surface area (Å²) in [4.78, 5) is 16.5. The predicted octanol–water partition coefficient (Wildman–Crippen LogP) is 2.84. The number of hydrogen-bond acceptors (Lipinski definition) is 4. The second-order valence-corrected chi connectivity index (χ2v) is 5.98. The summed E-state index contributed by atoms with van der Waals surface area (Å²) in [6, 6.07) is 8.84. The van der Waals surface area contributed by atoms with E-state index < -0.39 is 0 Å². The molecule has 4 rings (SSSR count). The fourth-order valence-electron chi connectivity index (χ4n) is 3.17. The molecule has 1 aromatic rings. The van der Waals surface area contributed by atoms with E-state index in [1.165, 1.54) is 18.4 Å². The normalized spacial score (nSPS) is 23.4. The molecule has 1 saturated heterocycles. The highest BCUT2D eigenvalue weighted by Crippen LogP contribution is 2.28. The highest BCUT2D eigenvalue weighted by atomic mass is 16.5. The van der Waals surface area contributed by atoms with E-state index >= 15 is 0 Å². The van der Waals surface area contributed by atoms with Crippen molar-refractivity contribution in [3.8, 4) is 0 Å². The molecule has 23 heavy (non-hydrogen) atoms. The molecular formula is C19H18N2O2. The number of hydrogen-bond donors (Lipinski definition) is 1. The lowest BCUT2D eigenvalue weighted by Gasteiger charge is -2.10. The highest BCUT2D eigenvalue weighted by Gasteiger charge is 2.23. The van der Waals surface area contributed by atoms with Crippen LogP contribution in [-0.2, 0) is 9.53 Å². The molecule has 2 aliphatic heterocycles. The van der Waals surface area contributed by atoms with Gasteiger partial charge in [-0.05, 0) is 42.7 Å². The Labute approximate surface area is 135 Å². The van der Waals surface area contributed by atoms with Crippen LogP contribution in [0.2, 0.25) is 0 Å². The van der Waals surface area contributed by atoms with Gasteiger partial charge in [0.2, 0.25) is 5.78 Å². The number of allylic oxidation sites excluding steroid dienone is 2. The predicted molar refractivity (Wildman–Crippen MR) is 89.2 cm³/mol. The minimum absolute atomic E-state index is 0.0642. The molecule has 0 aromatic heterocycles. The Morgan fingerprint density at radius 1 is 1.22 bits per heavy atom. The third kappa shape index (κ3) is 2.78. The van der Waals surface area contributed by atoms with Crippen molar-refractivity contribution < 1.29 is 9.53 Å². The van der Waals surface area contributed by atoms with E-state index in [2.05, 4.69) is 34.6 Å². The van der Waals surface area contributed by atoms with Crippen molar-refractivity contribution in [1.82, 2.24) is 5.32 Å². The maximum absolute atomic E-state index is 12.0. The summed E-state index contributed by atoms with van der Waals surface area (Å²) < 4.78 is 5.29. The number of fused-ring (bicyclic) bond motifs is 1. The van der Waals surface area contributed by atoms with Gasteiger partial charge in [-0.1, -0.05) is 24.3 Å². The van der Waals surface area contributed by atoms with Gasteiger partial charge in [-0.3, -0.25) is 9.79 Å². The van der Waals surface area contributed by atoms with E-state index in [9.17, 15) is 4.79 Å². The standard InChI is InChI=1S/C19H18N2O2/c22-18-8-7-15-11-23-12-16(15)19(18)21-10-13-3-5-14(6-4-13)17-2-1-9-20-17/h3-8,10-11,17,20H,1-2,9,12H2. The summed E-state index contributed by atoms with van der Waals surface area (Å²) in [5.74, 6) is -0.0642. The van der Waals surface area contributed by atoms with Crippen LogP contribution in [0, 0.1) is 0 Å². The van der Waals surface area contributed by atoms with E-state index in [1.807, 2.05) is 0 Å². The van der Waals surface area contributed by atoms with Crippen molar-refractivity contribution in [3.05, 3.63) is 70.6 Å². The Balaban J connectivity index is 1.54. The molecule has 116 valence electrons. The van der Waals surface area contributed by atoms with Gasteiger partial charge < -0.3 is 10.1 Å². The van der Waals surface area contributed by atoms with Crippen LogP contribution >= 0.6 is 0 Å². The van der Waals surface area contributed by atoms with E-state index in [4.69, 9.17) is 4.74 Å². The lowest BCUT2D eigenvalue weighted by molar-refractivity contribution is -0.111. The van der Waals surface area contributed by atoms with Gasteiger partial charge in [-0.25, -0.2) is 0 Å². The Morgan fingerprint density at radius 2 is 2.09 bits per heavy atom. The molecule has 4 heteroatoms. The third-order valence-electron chi connectivity index (χ3n) is 4.46. The second kappa shape index (κ2) is 5.97. The summed E-state index contributed by atoms with van der Waals surface area (Å²) >= 11 is 0. The van der Waals surface area contributed by atoms with Gasteiger partial charge in [0.25, 0.3) is 0 Å². The number of ketones is 1. The maximum atomic E-state index is 12.0. The third-order valence-corrected chi connectivity index (χ3v) is 4.46. The largest absolute Gasteiger partial charge is 0.496 e.